The van der Waals surface area contributed by atoms with Crippen LogP contribution in [0.1, 0.15) is 162 Å². The van der Waals surface area contributed by atoms with Gasteiger partial charge in [-0.1, -0.05) is 129 Å². The highest BCUT2D eigenvalue weighted by Crippen LogP contribution is 2.26. The van der Waals surface area contributed by atoms with Gasteiger partial charge in [0.2, 0.25) is 0 Å². The molecule has 0 aromatic rings. The van der Waals surface area contributed by atoms with Crippen molar-refractivity contribution in [2.75, 3.05) is 33.0 Å². The molecule has 2 heterocycles. The van der Waals surface area contributed by atoms with Crippen LogP contribution in [0.25, 0.3) is 0 Å². The van der Waals surface area contributed by atoms with Crippen LogP contribution in [0.4, 0.5) is 0 Å². The summed E-state index contributed by atoms with van der Waals surface area (Å²) >= 11 is 0. The normalized spacial score (nSPS) is 28.3. The zero-order valence-corrected chi connectivity index (χ0v) is 35.8. The lowest BCUT2D eigenvalue weighted by Crippen LogP contribution is -2.61. The van der Waals surface area contributed by atoms with Gasteiger partial charge in [-0.05, 0) is 38.5 Å². The molecule has 2 aliphatic heterocycles. The van der Waals surface area contributed by atoms with Crippen LogP contribution in [0.2, 0.25) is 0 Å². The quantitative estimate of drug-likeness (QED) is 0.0251. The van der Waals surface area contributed by atoms with Crippen molar-refractivity contribution in [3.8, 4) is 0 Å². The number of ether oxygens (including phenoxy) is 6. The Morgan fingerprint density at radius 3 is 1.57 bits per heavy atom. The maximum atomic E-state index is 12.7. The lowest BCUT2D eigenvalue weighted by Gasteiger charge is -2.42. The number of esters is 1. The van der Waals surface area contributed by atoms with Crippen molar-refractivity contribution in [1.29, 1.82) is 0 Å². The molecule has 0 spiro atoms. The maximum Gasteiger partial charge on any atom is 0.306 e. The highest BCUT2D eigenvalue weighted by molar-refractivity contribution is 5.69. The molecule has 0 amide bonds. The van der Waals surface area contributed by atoms with Gasteiger partial charge < -0.3 is 64.2 Å². The second kappa shape index (κ2) is 33.4. The Morgan fingerprint density at radius 1 is 0.552 bits per heavy atom. The zero-order valence-electron chi connectivity index (χ0n) is 35.8. The average molecular weight is 835 g/mol. The van der Waals surface area contributed by atoms with Crippen LogP contribution in [0.15, 0.2) is 12.2 Å². The summed E-state index contributed by atoms with van der Waals surface area (Å²) in [5, 5.41) is 71.6. The third-order valence-electron chi connectivity index (χ3n) is 11.0. The van der Waals surface area contributed by atoms with Gasteiger partial charge in [0.25, 0.3) is 0 Å². The standard InChI is InChI=1S/C44H82O14/c1-3-5-7-9-10-11-12-13-14-15-16-17-18-19-20-21-22-24-26-28-53-30-33(56-36(46)27-25-23-8-6-4-2)31-54-43-42(52)40(50)38(48)35(58-43)32-55-44-41(51)39(49)37(47)34(29-45)57-44/h14-15,33-35,37-45,47-52H,3-13,16-32H2,1-2H3/b15-14-. The average Bonchev–Trinajstić information content (AvgIpc) is 3.22. The molecule has 58 heavy (non-hydrogen) atoms. The summed E-state index contributed by atoms with van der Waals surface area (Å²) in [6.45, 7) is 3.58. The molecule has 0 saturated carbocycles. The fraction of sp³-hybridized carbons (Fsp3) is 0.932. The number of hydrogen-bond donors (Lipinski definition) is 7. The van der Waals surface area contributed by atoms with Gasteiger partial charge >= 0.3 is 5.97 Å². The molecule has 14 nitrogen and oxygen atoms in total. The number of rotatable bonds is 35. The molecule has 2 saturated heterocycles. The van der Waals surface area contributed by atoms with Crippen molar-refractivity contribution in [1.82, 2.24) is 0 Å². The molecule has 0 aromatic carbocycles. The van der Waals surface area contributed by atoms with Crippen LogP contribution in [-0.2, 0) is 33.2 Å². The predicted octanol–water partition coefficient (Wildman–Crippen LogP) is 5.12. The first-order chi connectivity index (χ1) is 28.1. The van der Waals surface area contributed by atoms with Gasteiger partial charge in [0.05, 0.1) is 26.4 Å². The molecule has 0 bridgehead atoms. The molecule has 14 heteroatoms. The molecule has 11 atom stereocenters. The van der Waals surface area contributed by atoms with E-state index in [1.165, 1.54) is 89.9 Å². The first-order valence-corrected chi connectivity index (χ1v) is 22.8. The molecule has 2 rings (SSSR count). The van der Waals surface area contributed by atoms with E-state index in [2.05, 4.69) is 26.0 Å². The van der Waals surface area contributed by atoms with Crippen LogP contribution >= 0.6 is 0 Å². The maximum absolute atomic E-state index is 12.7. The van der Waals surface area contributed by atoms with E-state index < -0.39 is 80.7 Å². The summed E-state index contributed by atoms with van der Waals surface area (Å²) in [6, 6.07) is 0. The summed E-state index contributed by atoms with van der Waals surface area (Å²) in [6.07, 6.45) is 14.8. The van der Waals surface area contributed by atoms with E-state index in [9.17, 15) is 40.5 Å². The van der Waals surface area contributed by atoms with Gasteiger partial charge in [-0.15, -0.1) is 0 Å². The Balaban J connectivity index is 1.71. The number of allylic oxidation sites excluding steroid dienone is 2. The number of aliphatic hydroxyl groups is 7. The van der Waals surface area contributed by atoms with Crippen molar-refractivity contribution in [2.24, 2.45) is 0 Å². The molecule has 2 fully saturated rings. The van der Waals surface area contributed by atoms with Crippen LogP contribution in [0, 0.1) is 0 Å². The van der Waals surface area contributed by atoms with Crippen molar-refractivity contribution in [3.05, 3.63) is 12.2 Å². The van der Waals surface area contributed by atoms with E-state index in [4.69, 9.17) is 28.4 Å². The van der Waals surface area contributed by atoms with E-state index in [1.807, 2.05) is 0 Å². The van der Waals surface area contributed by atoms with Crippen molar-refractivity contribution < 1.29 is 69.0 Å². The smallest absolute Gasteiger partial charge is 0.306 e. The first kappa shape index (κ1) is 52.9. The van der Waals surface area contributed by atoms with E-state index in [1.54, 1.807) is 0 Å². The van der Waals surface area contributed by atoms with E-state index in [0.29, 0.717) is 13.0 Å². The fourth-order valence-corrected chi connectivity index (χ4v) is 7.22. The summed E-state index contributed by atoms with van der Waals surface area (Å²) in [7, 11) is 0. The molecule has 2 aliphatic rings. The molecule has 0 radical (unpaired) electrons. The molecule has 11 unspecified atom stereocenters. The minimum Gasteiger partial charge on any atom is -0.457 e. The summed E-state index contributed by atoms with van der Waals surface area (Å²) in [4.78, 5) is 12.7. The van der Waals surface area contributed by atoms with Gasteiger partial charge in [-0.25, -0.2) is 0 Å². The van der Waals surface area contributed by atoms with E-state index >= 15 is 0 Å². The first-order valence-electron chi connectivity index (χ1n) is 22.8. The number of carbonyl (C=O) groups is 1. The minimum atomic E-state index is -1.70. The topological polar surface area (TPSA) is 214 Å². The lowest BCUT2D eigenvalue weighted by molar-refractivity contribution is -0.332. The predicted molar refractivity (Wildman–Crippen MR) is 220 cm³/mol. The zero-order chi connectivity index (χ0) is 42.4. The molecule has 0 aromatic heterocycles. The third-order valence-corrected chi connectivity index (χ3v) is 11.0. The van der Waals surface area contributed by atoms with Gasteiger partial charge in [0.15, 0.2) is 12.6 Å². The summed E-state index contributed by atoms with van der Waals surface area (Å²) in [5.41, 5.74) is 0. The van der Waals surface area contributed by atoms with Crippen LogP contribution in [-0.4, -0.2) is 142 Å². The number of carbonyl (C=O) groups excluding carboxylic acids is 1. The minimum absolute atomic E-state index is 0.0622. The molecular formula is C44H82O14. The van der Waals surface area contributed by atoms with Crippen molar-refractivity contribution in [2.45, 2.75) is 229 Å². The number of aliphatic hydroxyl groups excluding tert-OH is 7. The van der Waals surface area contributed by atoms with Gasteiger partial charge in [0.1, 0.15) is 54.9 Å². The van der Waals surface area contributed by atoms with Crippen LogP contribution < -0.4 is 0 Å². The monoisotopic (exact) mass is 835 g/mol. The van der Waals surface area contributed by atoms with Crippen LogP contribution in [0.5, 0.6) is 0 Å². The van der Waals surface area contributed by atoms with Gasteiger partial charge in [-0.2, -0.15) is 0 Å². The fourth-order valence-electron chi connectivity index (χ4n) is 7.22. The van der Waals surface area contributed by atoms with Crippen molar-refractivity contribution in [3.63, 3.8) is 0 Å². The van der Waals surface area contributed by atoms with Gasteiger partial charge in [0, 0.05) is 13.0 Å². The highest BCUT2D eigenvalue weighted by Gasteiger charge is 2.47. The second-order valence-corrected chi connectivity index (χ2v) is 16.2. The Bertz CT molecular complexity index is 1020. The highest BCUT2D eigenvalue weighted by atomic mass is 16.7. The Kier molecular flexibility index (Phi) is 30.4. The molecule has 7 N–H and O–H groups in total. The molecular weight excluding hydrogens is 752 g/mol. The van der Waals surface area contributed by atoms with E-state index in [-0.39, 0.29) is 25.6 Å². The van der Waals surface area contributed by atoms with Crippen molar-refractivity contribution >= 4 is 5.97 Å². The molecule has 342 valence electrons. The second-order valence-electron chi connectivity index (χ2n) is 16.2. The van der Waals surface area contributed by atoms with E-state index in [0.717, 1.165) is 44.9 Å². The summed E-state index contributed by atoms with van der Waals surface area (Å²) in [5.74, 6) is -0.389. The third kappa shape index (κ3) is 22.0. The largest absolute Gasteiger partial charge is 0.457 e. The summed E-state index contributed by atoms with van der Waals surface area (Å²) < 4.78 is 34.0. The number of hydrogen-bond acceptors (Lipinski definition) is 14. The number of unbranched alkanes of at least 4 members (excludes halogenated alkanes) is 19. The lowest BCUT2D eigenvalue weighted by atomic mass is 9.98. The Hall–Kier alpha value is -1.27. The Morgan fingerprint density at radius 2 is 1.02 bits per heavy atom. The molecule has 0 aliphatic carbocycles. The van der Waals surface area contributed by atoms with Gasteiger partial charge in [-0.3, -0.25) is 4.79 Å². The Labute approximate surface area is 348 Å². The van der Waals surface area contributed by atoms with Crippen LogP contribution in [0.3, 0.4) is 0 Å². The SMILES string of the molecule is CCCCCCCCC/C=C\CCCCCCCCCCOCC(COC1OC(COC2OC(CO)C(O)C(O)C2O)C(O)C(O)C1O)OC(=O)CCCCCCC.